The van der Waals surface area contributed by atoms with E-state index in [1.54, 1.807) is 0 Å². The average molecular weight is 334 g/mol. The number of nitrogens with two attached hydrogens (primary N) is 1. The van der Waals surface area contributed by atoms with Crippen LogP contribution in [0.25, 0.3) is 11.2 Å². The van der Waals surface area contributed by atoms with Gasteiger partial charge in [-0.1, -0.05) is 0 Å². The second kappa shape index (κ2) is 5.16. The van der Waals surface area contributed by atoms with Crippen molar-refractivity contribution in [2.45, 2.75) is 24.1 Å². The highest BCUT2D eigenvalue weighted by Crippen LogP contribution is 2.40. The van der Waals surface area contributed by atoms with Gasteiger partial charge in [-0.05, 0) is 0 Å². The normalized spacial score (nSPS) is 31.9. The van der Waals surface area contributed by atoms with Crippen molar-refractivity contribution in [3.8, 4) is 0 Å². The molecule has 4 unspecified atom stereocenters. The Morgan fingerprint density at radius 1 is 1.64 bits per heavy atom. The monoisotopic (exact) mass is 333 g/mol. The molecule has 11 heteroatoms. The third-order valence-electron chi connectivity index (χ3n) is 3.69. The van der Waals surface area contributed by atoms with Crippen molar-refractivity contribution in [2.24, 2.45) is 0 Å². The highest BCUT2D eigenvalue weighted by Gasteiger charge is 2.55. The van der Waals surface area contributed by atoms with Gasteiger partial charge in [-0.2, -0.15) is 4.98 Å². The number of nitrogens with one attached hydrogen (secondary N) is 1. The number of aliphatic hydroxyl groups excluding tert-OH is 2. The van der Waals surface area contributed by atoms with Crippen molar-refractivity contribution >= 4 is 28.7 Å². The number of aromatic nitrogens is 4. The second-order valence-corrected chi connectivity index (χ2v) is 5.30. The standard InChI is InChI=1S/C11H13ClFN5O4/c12-1-11(2-19)6(20)4(13)9(22-11)18-3-15-5-7(18)16-10(14)17-8(5)21/h3-4,6,9,19-20H,1-2H2,(H3,14,16,17,21). The predicted octanol–water partition coefficient (Wildman–Crippen LogP) is -1.10. The molecule has 3 heterocycles. The molecule has 0 aliphatic carbocycles. The van der Waals surface area contributed by atoms with Crippen molar-refractivity contribution in [2.75, 3.05) is 18.2 Å². The number of imidazole rings is 1. The zero-order valence-corrected chi connectivity index (χ0v) is 11.9. The molecule has 2 aromatic heterocycles. The molecule has 9 nitrogen and oxygen atoms in total. The Morgan fingerprint density at radius 2 is 2.36 bits per heavy atom. The van der Waals surface area contributed by atoms with E-state index in [-0.39, 0.29) is 23.0 Å². The molecule has 0 bridgehead atoms. The predicted molar refractivity (Wildman–Crippen MR) is 74.1 cm³/mol. The van der Waals surface area contributed by atoms with Gasteiger partial charge in [-0.15, -0.1) is 11.6 Å². The topological polar surface area (TPSA) is 139 Å². The first kappa shape index (κ1) is 15.2. The zero-order valence-electron chi connectivity index (χ0n) is 11.1. The summed E-state index contributed by atoms with van der Waals surface area (Å²) in [4.78, 5) is 21.7. The molecule has 1 fully saturated rings. The lowest BCUT2D eigenvalue weighted by Gasteiger charge is -2.26. The summed E-state index contributed by atoms with van der Waals surface area (Å²) in [5.41, 5.74) is 3.19. The Labute approximate surface area is 127 Å². The number of hydrogen-bond acceptors (Lipinski definition) is 7. The smallest absolute Gasteiger partial charge is 0.280 e. The van der Waals surface area contributed by atoms with Gasteiger partial charge in [0.15, 0.2) is 23.6 Å². The minimum absolute atomic E-state index is 0.00409. The number of nitrogens with zero attached hydrogens (tertiary/aromatic N) is 3. The van der Waals surface area contributed by atoms with E-state index < -0.39 is 36.3 Å². The minimum Gasteiger partial charge on any atom is -0.393 e. The molecule has 0 spiro atoms. The van der Waals surface area contributed by atoms with Gasteiger partial charge in [0.2, 0.25) is 5.95 Å². The number of alkyl halides is 2. The molecule has 0 saturated carbocycles. The molecule has 120 valence electrons. The lowest BCUT2D eigenvalue weighted by atomic mass is 9.99. The molecular weight excluding hydrogens is 321 g/mol. The third-order valence-corrected chi connectivity index (χ3v) is 4.14. The molecule has 1 saturated heterocycles. The van der Waals surface area contributed by atoms with Crippen LogP contribution in [-0.4, -0.2) is 60.1 Å². The van der Waals surface area contributed by atoms with Crippen LogP contribution in [0.2, 0.25) is 0 Å². The van der Waals surface area contributed by atoms with Crippen molar-refractivity contribution in [3.05, 3.63) is 16.7 Å². The minimum atomic E-state index is -1.90. The van der Waals surface area contributed by atoms with Crippen LogP contribution in [0.1, 0.15) is 6.23 Å². The van der Waals surface area contributed by atoms with Crippen LogP contribution in [-0.2, 0) is 4.74 Å². The van der Waals surface area contributed by atoms with E-state index in [1.165, 1.54) is 0 Å². The number of halogens is 2. The Morgan fingerprint density at radius 3 is 2.95 bits per heavy atom. The molecule has 2 aromatic rings. The number of aliphatic hydroxyl groups is 2. The van der Waals surface area contributed by atoms with Crippen molar-refractivity contribution in [3.63, 3.8) is 0 Å². The highest BCUT2D eigenvalue weighted by atomic mass is 35.5. The maximum Gasteiger partial charge on any atom is 0.280 e. The Hall–Kier alpha value is -1.75. The summed E-state index contributed by atoms with van der Waals surface area (Å²) in [5.74, 6) is -0.483. The Balaban J connectivity index is 2.11. The fourth-order valence-electron chi connectivity index (χ4n) is 2.44. The summed E-state index contributed by atoms with van der Waals surface area (Å²) in [6, 6.07) is 0. The van der Waals surface area contributed by atoms with Gasteiger partial charge in [0, 0.05) is 0 Å². The SMILES string of the molecule is Nc1nc2c(ncn2C2OC(CO)(CCl)C(O)C2F)c(=O)[nH]1. The maximum absolute atomic E-state index is 14.4. The quantitative estimate of drug-likeness (QED) is 0.523. The summed E-state index contributed by atoms with van der Waals surface area (Å²) in [6.07, 6.45) is -3.74. The number of anilines is 1. The number of H-pyrrole nitrogens is 1. The van der Waals surface area contributed by atoms with Crippen LogP contribution < -0.4 is 11.3 Å². The number of ether oxygens (including phenoxy) is 1. The number of rotatable bonds is 3. The van der Waals surface area contributed by atoms with Crippen molar-refractivity contribution < 1.29 is 19.3 Å². The van der Waals surface area contributed by atoms with Gasteiger partial charge in [0.25, 0.3) is 5.56 Å². The van der Waals surface area contributed by atoms with Gasteiger partial charge in [0.1, 0.15) is 11.7 Å². The van der Waals surface area contributed by atoms with E-state index >= 15 is 0 Å². The van der Waals surface area contributed by atoms with Gasteiger partial charge < -0.3 is 20.7 Å². The maximum atomic E-state index is 14.4. The summed E-state index contributed by atoms with van der Waals surface area (Å²) < 4.78 is 21.0. The van der Waals surface area contributed by atoms with E-state index in [0.29, 0.717) is 0 Å². The lowest BCUT2D eigenvalue weighted by Crippen LogP contribution is -2.47. The molecular formula is C11H13ClFN5O4. The molecule has 22 heavy (non-hydrogen) atoms. The van der Waals surface area contributed by atoms with E-state index in [0.717, 1.165) is 10.9 Å². The van der Waals surface area contributed by atoms with E-state index in [9.17, 15) is 19.4 Å². The first-order chi connectivity index (χ1) is 10.4. The van der Waals surface area contributed by atoms with Gasteiger partial charge in [-0.25, -0.2) is 9.37 Å². The molecule has 3 rings (SSSR count). The summed E-state index contributed by atoms with van der Waals surface area (Å²) >= 11 is 5.69. The largest absolute Gasteiger partial charge is 0.393 e. The molecule has 5 N–H and O–H groups in total. The van der Waals surface area contributed by atoms with Gasteiger partial charge in [0.05, 0.1) is 18.8 Å². The fourth-order valence-corrected chi connectivity index (χ4v) is 2.75. The van der Waals surface area contributed by atoms with Crippen LogP contribution in [0, 0.1) is 0 Å². The molecule has 4 atom stereocenters. The van der Waals surface area contributed by atoms with Crippen LogP contribution in [0.15, 0.2) is 11.1 Å². The Bertz CT molecular complexity index is 761. The fraction of sp³-hybridized carbons (Fsp3) is 0.545. The summed E-state index contributed by atoms with van der Waals surface area (Å²) in [7, 11) is 0. The van der Waals surface area contributed by atoms with E-state index in [2.05, 4.69) is 15.0 Å². The molecule has 1 aliphatic heterocycles. The Kier molecular flexibility index (Phi) is 3.56. The highest BCUT2D eigenvalue weighted by molar-refractivity contribution is 6.18. The number of fused-ring (bicyclic) bond motifs is 1. The van der Waals surface area contributed by atoms with Crippen molar-refractivity contribution in [1.29, 1.82) is 0 Å². The number of aromatic amines is 1. The number of nitrogen functional groups attached to an aromatic ring is 1. The summed E-state index contributed by atoms with van der Waals surface area (Å²) in [6.45, 7) is -0.669. The average Bonchev–Trinajstić information content (AvgIpc) is 3.01. The summed E-state index contributed by atoms with van der Waals surface area (Å²) in [5, 5.41) is 19.3. The first-order valence-electron chi connectivity index (χ1n) is 6.32. The van der Waals surface area contributed by atoms with Crippen LogP contribution in [0.3, 0.4) is 0 Å². The number of hydrogen-bond donors (Lipinski definition) is 4. The van der Waals surface area contributed by atoms with E-state index in [1.807, 2.05) is 0 Å². The first-order valence-corrected chi connectivity index (χ1v) is 6.86. The zero-order chi connectivity index (χ0) is 16.1. The second-order valence-electron chi connectivity index (χ2n) is 5.03. The van der Waals surface area contributed by atoms with Gasteiger partial charge in [-0.3, -0.25) is 14.3 Å². The lowest BCUT2D eigenvalue weighted by molar-refractivity contribution is -0.113. The van der Waals surface area contributed by atoms with Gasteiger partial charge >= 0.3 is 0 Å². The van der Waals surface area contributed by atoms with Crippen molar-refractivity contribution in [1.82, 2.24) is 19.5 Å². The molecule has 0 radical (unpaired) electrons. The molecule has 0 aromatic carbocycles. The third kappa shape index (κ3) is 1.99. The van der Waals surface area contributed by atoms with Crippen LogP contribution in [0.5, 0.6) is 0 Å². The van der Waals surface area contributed by atoms with Crippen LogP contribution in [0.4, 0.5) is 10.3 Å². The molecule has 1 aliphatic rings. The van der Waals surface area contributed by atoms with E-state index in [4.69, 9.17) is 22.1 Å². The van der Waals surface area contributed by atoms with Crippen LogP contribution >= 0.6 is 11.6 Å². The molecule has 0 amide bonds.